The number of benzene rings is 1. The van der Waals surface area contributed by atoms with Crippen molar-refractivity contribution < 1.29 is 9.53 Å². The number of rotatable bonds is 5. The van der Waals surface area contributed by atoms with E-state index in [0.29, 0.717) is 27.8 Å². The number of hydrogen-bond donors (Lipinski definition) is 2. The van der Waals surface area contributed by atoms with Gasteiger partial charge in [-0.15, -0.1) is 0 Å². The van der Waals surface area contributed by atoms with Crippen molar-refractivity contribution in [2.24, 2.45) is 16.6 Å². The molecular weight excluding hydrogens is 452 g/mol. The molecule has 8 nitrogen and oxygen atoms in total. The molecule has 9 heteroatoms. The van der Waals surface area contributed by atoms with Gasteiger partial charge >= 0.3 is 0 Å². The van der Waals surface area contributed by atoms with Crippen LogP contribution in [0.25, 0.3) is 0 Å². The van der Waals surface area contributed by atoms with Crippen LogP contribution in [0.5, 0.6) is 5.75 Å². The summed E-state index contributed by atoms with van der Waals surface area (Å²) in [7, 11) is 0. The van der Waals surface area contributed by atoms with Crippen LogP contribution < -0.4 is 20.7 Å². The molecule has 180 valence electrons. The quantitative estimate of drug-likeness (QED) is 0.669. The zero-order chi connectivity index (χ0) is 24.7. The summed E-state index contributed by atoms with van der Waals surface area (Å²) in [6.45, 7) is 9.92. The first-order chi connectivity index (χ1) is 16.0. The Kier molecular flexibility index (Phi) is 6.45. The second-order valence-electron chi connectivity index (χ2n) is 10.4. The number of nitrogens with one attached hydrogen (secondary N) is 1. The van der Waals surface area contributed by atoms with Crippen molar-refractivity contribution in [3.05, 3.63) is 46.7 Å². The second kappa shape index (κ2) is 9.05. The fraction of sp³-hybridized carbons (Fsp3) is 0.520. The van der Waals surface area contributed by atoms with Crippen molar-refractivity contribution in [3.63, 3.8) is 0 Å². The average Bonchev–Trinajstić information content (AvgIpc) is 2.81. The van der Waals surface area contributed by atoms with E-state index in [2.05, 4.69) is 53.9 Å². The molecule has 0 unspecified atom stereocenters. The number of carbonyl (C=O) groups is 1. The molecule has 2 aromatic rings. The van der Waals surface area contributed by atoms with Crippen LogP contribution in [0, 0.1) is 22.2 Å². The zero-order valence-corrected chi connectivity index (χ0v) is 20.8. The molecule has 1 aliphatic carbocycles. The predicted molar refractivity (Wildman–Crippen MR) is 131 cm³/mol. The number of nitrogens with two attached hydrogens (primary N) is 1. The number of amides is 1. The number of ether oxygens (including phenoxy) is 1. The van der Waals surface area contributed by atoms with E-state index in [1.165, 1.54) is 0 Å². The normalized spacial score (nSPS) is 23.5. The molecule has 0 atom stereocenters. The smallest absolute Gasteiger partial charge is 0.254 e. The molecule has 1 aromatic heterocycles. The molecule has 2 aliphatic rings. The molecule has 34 heavy (non-hydrogen) atoms. The first kappa shape index (κ1) is 24.2. The number of carbonyl (C=O) groups excluding carboxylic acids is 1. The van der Waals surface area contributed by atoms with E-state index < -0.39 is 0 Å². The van der Waals surface area contributed by atoms with Gasteiger partial charge in [-0.05, 0) is 25.0 Å². The highest BCUT2D eigenvalue weighted by atomic mass is 35.5. The number of piperidine rings is 1. The lowest BCUT2D eigenvalue weighted by Crippen LogP contribution is -2.74. The molecule has 4 rings (SSSR count). The standard InChI is InChI=1S/C25H31ClN6O2/c1-24(2)21(25(3,4)22(24)34-18-6-5-15(12-27)19(26)11-18)31-20(33)16-13-29-23(30-14-16)32-9-7-17(28)8-10-32/h5-6,11,13-14,17,21-22H,7-10,28H2,1-4H3,(H,31,33). The Morgan fingerprint density at radius 1 is 1.21 bits per heavy atom. The summed E-state index contributed by atoms with van der Waals surface area (Å²) < 4.78 is 6.28. The number of anilines is 1. The number of nitrogens with zero attached hydrogens (tertiary/aromatic N) is 4. The van der Waals surface area contributed by atoms with E-state index in [9.17, 15) is 4.79 Å². The lowest BCUT2D eigenvalue weighted by molar-refractivity contribution is -0.164. The van der Waals surface area contributed by atoms with Crippen LogP contribution >= 0.6 is 11.6 Å². The summed E-state index contributed by atoms with van der Waals surface area (Å²) >= 11 is 6.17. The minimum Gasteiger partial charge on any atom is -0.489 e. The summed E-state index contributed by atoms with van der Waals surface area (Å²) in [5.41, 5.74) is 6.12. The molecule has 1 saturated heterocycles. The molecular formula is C25H31ClN6O2. The largest absolute Gasteiger partial charge is 0.489 e. The maximum absolute atomic E-state index is 13.0. The molecule has 1 saturated carbocycles. The fourth-order valence-electron chi connectivity index (χ4n) is 5.51. The SMILES string of the molecule is CC1(C)C(NC(=O)c2cnc(N3CCC(N)CC3)nc2)C(C)(C)C1Oc1ccc(C#N)c(Cl)c1. The van der Waals surface area contributed by atoms with Crippen molar-refractivity contribution in [2.75, 3.05) is 18.0 Å². The van der Waals surface area contributed by atoms with Crippen molar-refractivity contribution in [2.45, 2.75) is 58.7 Å². The van der Waals surface area contributed by atoms with E-state index in [1.54, 1.807) is 30.6 Å². The molecule has 0 spiro atoms. The Labute approximate surface area is 205 Å². The van der Waals surface area contributed by atoms with Gasteiger partial charge in [-0.1, -0.05) is 39.3 Å². The van der Waals surface area contributed by atoms with E-state index in [1.807, 2.05) is 0 Å². The number of nitriles is 1. The Morgan fingerprint density at radius 2 is 1.82 bits per heavy atom. The third kappa shape index (κ3) is 4.42. The van der Waals surface area contributed by atoms with Gasteiger partial charge in [-0.25, -0.2) is 9.97 Å². The van der Waals surface area contributed by atoms with Crippen molar-refractivity contribution in [1.82, 2.24) is 15.3 Å². The number of aromatic nitrogens is 2. The van der Waals surface area contributed by atoms with Gasteiger partial charge in [0.2, 0.25) is 5.95 Å². The number of halogens is 1. The molecule has 0 radical (unpaired) electrons. The summed E-state index contributed by atoms with van der Waals surface area (Å²) in [5.74, 6) is 1.02. The molecule has 0 bridgehead atoms. The van der Waals surface area contributed by atoms with Crippen LogP contribution in [0.3, 0.4) is 0 Å². The highest BCUT2D eigenvalue weighted by Crippen LogP contribution is 2.55. The van der Waals surface area contributed by atoms with Gasteiger partial charge in [0.1, 0.15) is 17.9 Å². The van der Waals surface area contributed by atoms with Crippen molar-refractivity contribution in [1.29, 1.82) is 5.26 Å². The van der Waals surface area contributed by atoms with Gasteiger partial charge in [0.15, 0.2) is 0 Å². The lowest BCUT2D eigenvalue weighted by Gasteiger charge is -2.63. The van der Waals surface area contributed by atoms with Crippen LogP contribution in [0.2, 0.25) is 5.02 Å². The summed E-state index contributed by atoms with van der Waals surface area (Å²) in [6, 6.07) is 7.21. The van der Waals surface area contributed by atoms with Gasteiger partial charge < -0.3 is 20.7 Å². The molecule has 3 N–H and O–H groups in total. The topological polar surface area (TPSA) is 117 Å². The van der Waals surface area contributed by atoms with Gasteiger partial charge in [0, 0.05) is 54.5 Å². The third-order valence-corrected chi connectivity index (χ3v) is 7.47. The van der Waals surface area contributed by atoms with Crippen LogP contribution in [-0.2, 0) is 0 Å². The fourth-order valence-corrected chi connectivity index (χ4v) is 5.72. The Morgan fingerprint density at radius 3 is 2.38 bits per heavy atom. The van der Waals surface area contributed by atoms with Crippen LogP contribution in [0.4, 0.5) is 5.95 Å². The molecule has 2 heterocycles. The van der Waals surface area contributed by atoms with Crippen LogP contribution in [0.15, 0.2) is 30.6 Å². The molecule has 1 amide bonds. The van der Waals surface area contributed by atoms with E-state index in [-0.39, 0.29) is 34.9 Å². The molecule has 2 fully saturated rings. The monoisotopic (exact) mass is 482 g/mol. The van der Waals surface area contributed by atoms with Gasteiger partial charge in [0.05, 0.1) is 16.1 Å². The summed E-state index contributed by atoms with van der Waals surface area (Å²) in [5, 5.41) is 12.6. The highest BCUT2D eigenvalue weighted by Gasteiger charge is 2.64. The average molecular weight is 483 g/mol. The molecule has 1 aromatic carbocycles. The molecule has 1 aliphatic heterocycles. The third-order valence-electron chi connectivity index (χ3n) is 7.15. The zero-order valence-electron chi connectivity index (χ0n) is 20.0. The van der Waals surface area contributed by atoms with Crippen LogP contribution in [-0.4, -0.2) is 47.2 Å². The maximum atomic E-state index is 13.0. The van der Waals surface area contributed by atoms with E-state index in [0.717, 1.165) is 25.9 Å². The highest BCUT2D eigenvalue weighted by molar-refractivity contribution is 6.31. The first-order valence-corrected chi connectivity index (χ1v) is 11.9. The maximum Gasteiger partial charge on any atom is 0.254 e. The number of hydrogen-bond acceptors (Lipinski definition) is 7. The van der Waals surface area contributed by atoms with Crippen molar-refractivity contribution >= 4 is 23.5 Å². The lowest BCUT2D eigenvalue weighted by atomic mass is 9.49. The van der Waals surface area contributed by atoms with Crippen LogP contribution in [0.1, 0.15) is 56.5 Å². The summed E-state index contributed by atoms with van der Waals surface area (Å²) in [4.78, 5) is 24.0. The summed E-state index contributed by atoms with van der Waals surface area (Å²) in [6.07, 6.45) is 4.82. The Bertz CT molecular complexity index is 1090. The van der Waals surface area contributed by atoms with E-state index in [4.69, 9.17) is 27.3 Å². The Balaban J connectivity index is 1.42. The Hall–Kier alpha value is -2.89. The minimum absolute atomic E-state index is 0.130. The van der Waals surface area contributed by atoms with Gasteiger partial charge in [-0.3, -0.25) is 4.79 Å². The van der Waals surface area contributed by atoms with Gasteiger partial charge in [-0.2, -0.15) is 5.26 Å². The first-order valence-electron chi connectivity index (χ1n) is 11.5. The van der Waals surface area contributed by atoms with Crippen molar-refractivity contribution in [3.8, 4) is 11.8 Å². The predicted octanol–water partition coefficient (Wildman–Crippen LogP) is 3.54. The van der Waals surface area contributed by atoms with Gasteiger partial charge in [0.25, 0.3) is 5.91 Å². The minimum atomic E-state index is -0.340. The second-order valence-corrected chi connectivity index (χ2v) is 10.8. The van der Waals surface area contributed by atoms with E-state index >= 15 is 0 Å².